The number of hydrogen-bond donors (Lipinski definition) is 0. The first-order chi connectivity index (χ1) is 14.2. The zero-order valence-corrected chi connectivity index (χ0v) is 17.0. The van der Waals surface area contributed by atoms with Gasteiger partial charge in [-0.05, 0) is 18.4 Å². The Hall–Kier alpha value is -2.67. The zero-order valence-electron chi connectivity index (χ0n) is 17.0. The van der Waals surface area contributed by atoms with Gasteiger partial charge in [0.25, 0.3) is 0 Å². The van der Waals surface area contributed by atoms with Crippen molar-refractivity contribution in [2.75, 3.05) is 56.2 Å². The Bertz CT molecular complexity index is 802. The Labute approximate surface area is 172 Å². The van der Waals surface area contributed by atoms with E-state index in [4.69, 9.17) is 4.74 Å². The minimum atomic E-state index is 0.0800. The summed E-state index contributed by atoms with van der Waals surface area (Å²) in [6.45, 7) is 5.52. The first kappa shape index (κ1) is 19.6. The van der Waals surface area contributed by atoms with Crippen molar-refractivity contribution in [3.05, 3.63) is 48.4 Å². The maximum Gasteiger partial charge on any atom is 0.225 e. The van der Waals surface area contributed by atoms with Gasteiger partial charge in [0.1, 0.15) is 6.33 Å². The summed E-state index contributed by atoms with van der Waals surface area (Å²) in [5.74, 6) is 1.30. The quantitative estimate of drug-likeness (QED) is 0.773. The molecule has 29 heavy (non-hydrogen) atoms. The highest BCUT2D eigenvalue weighted by Crippen LogP contribution is 2.31. The predicted molar refractivity (Wildman–Crippen MR) is 113 cm³/mol. The van der Waals surface area contributed by atoms with Crippen LogP contribution in [-0.2, 0) is 16.1 Å². The summed E-state index contributed by atoms with van der Waals surface area (Å²) in [5.41, 5.74) is 2.23. The molecule has 0 N–H and O–H groups in total. The van der Waals surface area contributed by atoms with Crippen molar-refractivity contribution < 1.29 is 9.53 Å². The molecule has 1 amide bonds. The highest BCUT2D eigenvalue weighted by Gasteiger charge is 2.29. The minimum absolute atomic E-state index is 0.0800. The third-order valence-electron chi connectivity index (χ3n) is 5.81. The molecule has 2 saturated heterocycles. The lowest BCUT2D eigenvalue weighted by Gasteiger charge is -2.37. The van der Waals surface area contributed by atoms with Crippen LogP contribution in [-0.4, -0.2) is 67.2 Å². The van der Waals surface area contributed by atoms with Crippen molar-refractivity contribution in [3.8, 4) is 0 Å². The monoisotopic (exact) mass is 395 g/mol. The van der Waals surface area contributed by atoms with Gasteiger partial charge < -0.3 is 19.4 Å². The second kappa shape index (κ2) is 9.22. The fourth-order valence-corrected chi connectivity index (χ4v) is 4.17. The summed E-state index contributed by atoms with van der Waals surface area (Å²) in [5, 5.41) is 0. The van der Waals surface area contributed by atoms with Crippen LogP contribution in [0.4, 0.5) is 11.5 Å². The average molecular weight is 396 g/mol. The largest absolute Gasteiger partial charge is 0.378 e. The number of piperidine rings is 1. The summed E-state index contributed by atoms with van der Waals surface area (Å²) in [6, 6.07) is 10.2. The van der Waals surface area contributed by atoms with E-state index in [1.165, 1.54) is 0 Å². The summed E-state index contributed by atoms with van der Waals surface area (Å²) < 4.78 is 5.47. The highest BCUT2D eigenvalue weighted by atomic mass is 16.5. The molecule has 2 aliphatic rings. The van der Waals surface area contributed by atoms with Crippen molar-refractivity contribution in [2.45, 2.75) is 19.4 Å². The van der Waals surface area contributed by atoms with Gasteiger partial charge in [0.05, 0.1) is 25.1 Å². The van der Waals surface area contributed by atoms with Crippen LogP contribution < -0.4 is 9.80 Å². The normalized spacial score (nSPS) is 18.0. The Morgan fingerprint density at radius 3 is 2.55 bits per heavy atom. The third-order valence-corrected chi connectivity index (χ3v) is 5.81. The molecule has 3 heterocycles. The van der Waals surface area contributed by atoms with Crippen molar-refractivity contribution in [2.24, 2.45) is 5.92 Å². The Morgan fingerprint density at radius 2 is 1.83 bits per heavy atom. The molecule has 0 radical (unpaired) electrons. The topological polar surface area (TPSA) is 61.8 Å². The average Bonchev–Trinajstić information content (AvgIpc) is 2.80. The molecule has 0 bridgehead atoms. The molecule has 2 aromatic rings. The SMILES string of the molecule is CN(Cc1ccccc1)C(=O)C1CCN(c2cncnc2N2CCOCC2)CC1. The molecule has 2 fully saturated rings. The summed E-state index contributed by atoms with van der Waals surface area (Å²) >= 11 is 0. The molecular formula is C22H29N5O2. The highest BCUT2D eigenvalue weighted by molar-refractivity contribution is 5.79. The van der Waals surface area contributed by atoms with E-state index in [0.717, 1.165) is 69.3 Å². The van der Waals surface area contributed by atoms with Gasteiger partial charge in [0.15, 0.2) is 5.82 Å². The first-order valence-electron chi connectivity index (χ1n) is 10.4. The van der Waals surface area contributed by atoms with E-state index in [1.54, 1.807) is 6.33 Å². The van der Waals surface area contributed by atoms with Crippen LogP contribution in [0.3, 0.4) is 0 Å². The molecular weight excluding hydrogens is 366 g/mol. The number of morpholine rings is 1. The van der Waals surface area contributed by atoms with Crippen LogP contribution in [0.25, 0.3) is 0 Å². The second-order valence-corrected chi connectivity index (χ2v) is 7.77. The number of benzene rings is 1. The fourth-order valence-electron chi connectivity index (χ4n) is 4.17. The number of hydrogen-bond acceptors (Lipinski definition) is 6. The van der Waals surface area contributed by atoms with E-state index in [-0.39, 0.29) is 11.8 Å². The Morgan fingerprint density at radius 1 is 1.10 bits per heavy atom. The molecule has 2 aliphatic heterocycles. The van der Waals surface area contributed by atoms with Crippen molar-refractivity contribution >= 4 is 17.4 Å². The van der Waals surface area contributed by atoms with Gasteiger partial charge in [-0.2, -0.15) is 0 Å². The van der Waals surface area contributed by atoms with Crippen LogP contribution in [0, 0.1) is 5.92 Å². The van der Waals surface area contributed by atoms with Gasteiger partial charge in [-0.15, -0.1) is 0 Å². The molecule has 7 nitrogen and oxygen atoms in total. The first-order valence-corrected chi connectivity index (χ1v) is 10.4. The number of aromatic nitrogens is 2. The molecule has 0 spiro atoms. The van der Waals surface area contributed by atoms with Crippen LogP contribution in [0.5, 0.6) is 0 Å². The third kappa shape index (κ3) is 4.67. The molecule has 154 valence electrons. The van der Waals surface area contributed by atoms with Gasteiger partial charge in [-0.25, -0.2) is 9.97 Å². The van der Waals surface area contributed by atoms with Crippen molar-refractivity contribution in [1.82, 2.24) is 14.9 Å². The Kier molecular flexibility index (Phi) is 6.24. The number of amides is 1. The number of carbonyl (C=O) groups excluding carboxylic acids is 1. The molecule has 0 saturated carbocycles. The standard InChI is InChI=1S/C22H29N5O2/c1-25(16-18-5-3-2-4-6-18)22(28)19-7-9-26(10-8-19)20-15-23-17-24-21(20)27-11-13-29-14-12-27/h2-6,15,17,19H,7-14,16H2,1H3. The van der Waals surface area contributed by atoms with Gasteiger partial charge in [-0.1, -0.05) is 30.3 Å². The number of nitrogens with zero attached hydrogens (tertiary/aromatic N) is 5. The van der Waals surface area contributed by atoms with Gasteiger partial charge in [-0.3, -0.25) is 4.79 Å². The summed E-state index contributed by atoms with van der Waals surface area (Å²) in [7, 11) is 1.91. The molecule has 1 aromatic carbocycles. The number of ether oxygens (including phenoxy) is 1. The zero-order chi connectivity index (χ0) is 20.1. The lowest BCUT2D eigenvalue weighted by molar-refractivity contribution is -0.135. The molecule has 0 unspecified atom stereocenters. The van der Waals surface area contributed by atoms with E-state index in [0.29, 0.717) is 6.54 Å². The molecule has 1 aromatic heterocycles. The lowest BCUT2D eigenvalue weighted by atomic mass is 9.95. The molecule has 0 atom stereocenters. The maximum absolute atomic E-state index is 12.9. The molecule has 7 heteroatoms. The van der Waals surface area contributed by atoms with Crippen molar-refractivity contribution in [1.29, 1.82) is 0 Å². The number of rotatable bonds is 5. The molecule has 4 rings (SSSR count). The van der Waals surface area contributed by atoms with E-state index in [2.05, 4.69) is 31.9 Å². The second-order valence-electron chi connectivity index (χ2n) is 7.77. The van der Waals surface area contributed by atoms with Crippen LogP contribution in [0.2, 0.25) is 0 Å². The van der Waals surface area contributed by atoms with Gasteiger partial charge >= 0.3 is 0 Å². The van der Waals surface area contributed by atoms with Gasteiger partial charge in [0, 0.05) is 45.7 Å². The number of carbonyl (C=O) groups is 1. The number of anilines is 2. The van der Waals surface area contributed by atoms with E-state index >= 15 is 0 Å². The smallest absolute Gasteiger partial charge is 0.225 e. The van der Waals surface area contributed by atoms with E-state index in [9.17, 15) is 4.79 Å². The fraction of sp³-hybridized carbons (Fsp3) is 0.500. The summed E-state index contributed by atoms with van der Waals surface area (Å²) in [4.78, 5) is 28.2. The Balaban J connectivity index is 1.36. The van der Waals surface area contributed by atoms with E-state index in [1.807, 2.05) is 36.3 Å². The van der Waals surface area contributed by atoms with Crippen molar-refractivity contribution in [3.63, 3.8) is 0 Å². The summed E-state index contributed by atoms with van der Waals surface area (Å²) in [6.07, 6.45) is 5.23. The lowest BCUT2D eigenvalue weighted by Crippen LogP contribution is -2.42. The maximum atomic E-state index is 12.9. The minimum Gasteiger partial charge on any atom is -0.378 e. The van der Waals surface area contributed by atoms with Gasteiger partial charge in [0.2, 0.25) is 5.91 Å². The van der Waals surface area contributed by atoms with Crippen LogP contribution in [0.1, 0.15) is 18.4 Å². The van der Waals surface area contributed by atoms with Crippen LogP contribution in [0.15, 0.2) is 42.9 Å². The predicted octanol–water partition coefficient (Wildman–Crippen LogP) is 2.19. The van der Waals surface area contributed by atoms with E-state index < -0.39 is 0 Å². The van der Waals surface area contributed by atoms with Crippen LogP contribution >= 0.6 is 0 Å². The molecule has 0 aliphatic carbocycles.